The van der Waals surface area contributed by atoms with Crippen LogP contribution in [0.2, 0.25) is 0 Å². The van der Waals surface area contributed by atoms with Crippen molar-refractivity contribution < 1.29 is 9.13 Å². The van der Waals surface area contributed by atoms with Crippen molar-refractivity contribution in [1.29, 1.82) is 0 Å². The minimum atomic E-state index is -0.412. The minimum Gasteiger partial charge on any atom is -0.494 e. The van der Waals surface area contributed by atoms with Gasteiger partial charge in [-0.05, 0) is 24.3 Å². The zero-order chi connectivity index (χ0) is 13.8. The molecule has 98 valence electrons. The molecule has 0 aliphatic rings. The van der Waals surface area contributed by atoms with Gasteiger partial charge in [0.2, 0.25) is 0 Å². The number of pyridine rings is 1. The second-order valence-electron chi connectivity index (χ2n) is 3.77. The summed E-state index contributed by atoms with van der Waals surface area (Å²) in [6, 6.07) is 7.98. The number of nitrogens with one attached hydrogen (secondary N) is 1. The summed E-state index contributed by atoms with van der Waals surface area (Å²) in [5.74, 6) is 0.364. The molecule has 0 unspecified atom stereocenters. The Labute approximate surface area is 115 Å². The highest BCUT2D eigenvalue weighted by Gasteiger charge is 2.04. The molecule has 0 aliphatic carbocycles. The van der Waals surface area contributed by atoms with Crippen molar-refractivity contribution in [2.45, 2.75) is 0 Å². The molecule has 3 N–H and O–H groups in total. The van der Waals surface area contributed by atoms with Gasteiger partial charge in [-0.1, -0.05) is 12.2 Å². The Morgan fingerprint density at radius 2 is 2.16 bits per heavy atom. The summed E-state index contributed by atoms with van der Waals surface area (Å²) < 4.78 is 18.2. The highest BCUT2D eigenvalue weighted by atomic mass is 32.1. The summed E-state index contributed by atoms with van der Waals surface area (Å²) >= 11 is 4.84. The average Bonchev–Trinajstić information content (AvgIpc) is 2.41. The van der Waals surface area contributed by atoms with E-state index in [1.807, 2.05) is 0 Å². The Morgan fingerprint density at radius 3 is 2.74 bits per heavy atom. The number of methoxy groups -OCH3 is 1. The summed E-state index contributed by atoms with van der Waals surface area (Å²) in [7, 11) is 1.41. The Kier molecular flexibility index (Phi) is 3.91. The lowest BCUT2D eigenvalue weighted by Crippen LogP contribution is -2.09. The predicted octanol–water partition coefficient (Wildman–Crippen LogP) is 2.61. The highest BCUT2D eigenvalue weighted by Crippen LogP contribution is 2.23. The number of halogens is 1. The van der Waals surface area contributed by atoms with E-state index in [2.05, 4.69) is 10.3 Å². The van der Waals surface area contributed by atoms with Crippen LogP contribution in [0, 0.1) is 5.82 Å². The number of nitrogens with two attached hydrogens (primary N) is 1. The number of hydrogen-bond acceptors (Lipinski definition) is 4. The maximum absolute atomic E-state index is 13.3. The number of nitrogens with zero attached hydrogens (tertiary/aromatic N) is 1. The van der Waals surface area contributed by atoms with Crippen LogP contribution in [-0.2, 0) is 0 Å². The summed E-state index contributed by atoms with van der Waals surface area (Å²) in [6.45, 7) is 0. The van der Waals surface area contributed by atoms with Crippen LogP contribution in [0.15, 0.2) is 36.5 Å². The Morgan fingerprint density at radius 1 is 1.37 bits per heavy atom. The summed E-state index contributed by atoms with van der Waals surface area (Å²) in [4.78, 5) is 4.45. The number of hydrogen-bond donors (Lipinski definition) is 2. The van der Waals surface area contributed by atoms with E-state index in [9.17, 15) is 4.39 Å². The lowest BCUT2D eigenvalue weighted by Gasteiger charge is -2.08. The molecule has 0 spiro atoms. The van der Waals surface area contributed by atoms with Crippen molar-refractivity contribution in [3.05, 3.63) is 47.9 Å². The lowest BCUT2D eigenvalue weighted by molar-refractivity contribution is 0.387. The molecule has 1 aromatic heterocycles. The Balaban J connectivity index is 2.19. The molecule has 2 aromatic rings. The second kappa shape index (κ2) is 5.62. The fourth-order valence-electron chi connectivity index (χ4n) is 1.50. The van der Waals surface area contributed by atoms with Crippen LogP contribution < -0.4 is 15.8 Å². The molecular formula is C13H12FN3OS. The molecule has 1 heterocycles. The van der Waals surface area contributed by atoms with E-state index in [1.165, 1.54) is 13.2 Å². The summed E-state index contributed by atoms with van der Waals surface area (Å²) in [5.41, 5.74) is 6.85. The molecule has 6 heteroatoms. The number of rotatable bonds is 4. The second-order valence-corrected chi connectivity index (χ2v) is 4.21. The van der Waals surface area contributed by atoms with Gasteiger partial charge < -0.3 is 15.8 Å². The monoisotopic (exact) mass is 277 g/mol. The number of ether oxygens (including phenoxy) is 1. The zero-order valence-electron chi connectivity index (χ0n) is 10.2. The number of benzene rings is 1. The largest absolute Gasteiger partial charge is 0.494 e. The molecule has 0 saturated carbocycles. The standard InChI is InChI=1S/C13H12FN3OS/c1-18-11-6-9(3-4-10(11)14)17-12-5-2-8(7-16-12)13(15)19/h2-7H,1H3,(H2,15,19)(H,16,17). The SMILES string of the molecule is COc1cc(Nc2ccc(C(N)=S)cn2)ccc1F. The molecule has 0 atom stereocenters. The number of anilines is 2. The molecule has 0 aliphatic heterocycles. The van der Waals surface area contributed by atoms with Crippen molar-refractivity contribution in [2.24, 2.45) is 5.73 Å². The van der Waals surface area contributed by atoms with Crippen LogP contribution in [0.4, 0.5) is 15.9 Å². The van der Waals surface area contributed by atoms with Crippen molar-refractivity contribution in [3.63, 3.8) is 0 Å². The Bertz CT molecular complexity index is 601. The van der Waals surface area contributed by atoms with Gasteiger partial charge in [-0.3, -0.25) is 0 Å². The fourth-order valence-corrected chi connectivity index (χ4v) is 1.62. The molecule has 1 aromatic carbocycles. The minimum absolute atomic E-state index is 0.171. The number of thiocarbonyl (C=S) groups is 1. The van der Waals surface area contributed by atoms with Crippen molar-refractivity contribution in [3.8, 4) is 5.75 Å². The topological polar surface area (TPSA) is 60.2 Å². The highest BCUT2D eigenvalue weighted by molar-refractivity contribution is 7.80. The third kappa shape index (κ3) is 3.17. The first-order valence-electron chi connectivity index (χ1n) is 5.46. The van der Waals surface area contributed by atoms with E-state index in [4.69, 9.17) is 22.7 Å². The van der Waals surface area contributed by atoms with Gasteiger partial charge in [-0.15, -0.1) is 0 Å². The van der Waals surface area contributed by atoms with Crippen molar-refractivity contribution in [2.75, 3.05) is 12.4 Å². The van der Waals surface area contributed by atoms with Crippen LogP contribution in [-0.4, -0.2) is 17.1 Å². The maximum Gasteiger partial charge on any atom is 0.165 e. The van der Waals surface area contributed by atoms with E-state index < -0.39 is 5.82 Å². The predicted molar refractivity (Wildman–Crippen MR) is 76.4 cm³/mol. The average molecular weight is 277 g/mol. The van der Waals surface area contributed by atoms with Gasteiger partial charge in [-0.2, -0.15) is 0 Å². The van der Waals surface area contributed by atoms with E-state index in [-0.39, 0.29) is 5.75 Å². The van der Waals surface area contributed by atoms with Gasteiger partial charge in [-0.25, -0.2) is 9.37 Å². The van der Waals surface area contributed by atoms with Crippen LogP contribution in [0.3, 0.4) is 0 Å². The van der Waals surface area contributed by atoms with Crippen LogP contribution in [0.25, 0.3) is 0 Å². The molecule has 0 fully saturated rings. The van der Waals surface area contributed by atoms with Gasteiger partial charge in [0.05, 0.1) is 7.11 Å². The smallest absolute Gasteiger partial charge is 0.165 e. The van der Waals surface area contributed by atoms with Crippen LogP contribution in [0.5, 0.6) is 5.75 Å². The van der Waals surface area contributed by atoms with E-state index in [0.717, 1.165) is 0 Å². The van der Waals surface area contributed by atoms with Crippen molar-refractivity contribution >= 4 is 28.7 Å². The molecule has 0 saturated heterocycles. The third-order valence-electron chi connectivity index (χ3n) is 2.47. The molecule has 0 radical (unpaired) electrons. The molecule has 0 bridgehead atoms. The maximum atomic E-state index is 13.3. The van der Waals surface area contributed by atoms with Crippen LogP contribution in [0.1, 0.15) is 5.56 Å². The normalized spacial score (nSPS) is 10.0. The molecular weight excluding hydrogens is 265 g/mol. The van der Waals surface area contributed by atoms with E-state index in [1.54, 1.807) is 30.5 Å². The van der Waals surface area contributed by atoms with Gasteiger partial charge in [0, 0.05) is 23.5 Å². The van der Waals surface area contributed by atoms with E-state index >= 15 is 0 Å². The van der Waals surface area contributed by atoms with Gasteiger partial charge in [0.15, 0.2) is 11.6 Å². The Hall–Kier alpha value is -2.21. The number of aromatic nitrogens is 1. The van der Waals surface area contributed by atoms with Gasteiger partial charge in [0.1, 0.15) is 10.8 Å². The quantitative estimate of drug-likeness (QED) is 0.841. The molecule has 2 rings (SSSR count). The first kappa shape index (κ1) is 13.2. The zero-order valence-corrected chi connectivity index (χ0v) is 11.0. The molecule has 4 nitrogen and oxygen atoms in total. The first-order chi connectivity index (χ1) is 9.10. The third-order valence-corrected chi connectivity index (χ3v) is 2.71. The van der Waals surface area contributed by atoms with Gasteiger partial charge in [0.25, 0.3) is 0 Å². The van der Waals surface area contributed by atoms with Crippen LogP contribution >= 0.6 is 12.2 Å². The summed E-state index contributed by atoms with van der Waals surface area (Å²) in [5, 5.41) is 3.03. The summed E-state index contributed by atoms with van der Waals surface area (Å²) in [6.07, 6.45) is 1.57. The van der Waals surface area contributed by atoms with Gasteiger partial charge >= 0.3 is 0 Å². The van der Waals surface area contributed by atoms with Crippen molar-refractivity contribution in [1.82, 2.24) is 4.98 Å². The molecule has 19 heavy (non-hydrogen) atoms. The van der Waals surface area contributed by atoms with E-state index in [0.29, 0.717) is 22.1 Å². The molecule has 0 amide bonds. The lowest BCUT2D eigenvalue weighted by atomic mass is 10.2. The fraction of sp³-hybridized carbons (Fsp3) is 0.0769. The first-order valence-corrected chi connectivity index (χ1v) is 5.87.